The molecule has 0 N–H and O–H groups in total. The first-order valence-corrected chi connectivity index (χ1v) is 5.27. The summed E-state index contributed by atoms with van der Waals surface area (Å²) in [5.41, 5.74) is 0. The monoisotopic (exact) mass is 171 g/mol. The van der Waals surface area contributed by atoms with Crippen molar-refractivity contribution in [1.29, 1.82) is 5.26 Å². The van der Waals surface area contributed by atoms with E-state index in [1.54, 1.807) is 0 Å². The van der Waals surface area contributed by atoms with Crippen LogP contribution in [0.5, 0.6) is 0 Å². The Labute approximate surface area is 74.2 Å². The molecule has 64 valence electrons. The molecule has 0 aromatic carbocycles. The van der Waals surface area contributed by atoms with Crippen molar-refractivity contribution in [3.63, 3.8) is 0 Å². The molecular weight excluding hydrogens is 154 g/mol. The molecule has 11 heavy (non-hydrogen) atoms. The smallest absolute Gasteiger partial charge is 0.133 e. The maximum Gasteiger partial charge on any atom is 0.133 e. The lowest BCUT2D eigenvalue weighted by Crippen LogP contribution is -2.00. The molecule has 0 spiro atoms. The molecule has 0 aromatic rings. The fourth-order valence-electron chi connectivity index (χ4n) is 1.09. The van der Waals surface area contributed by atoms with Crippen LogP contribution < -0.4 is 0 Å². The predicted molar refractivity (Wildman–Crippen MR) is 51.4 cm³/mol. The van der Waals surface area contributed by atoms with Crippen LogP contribution in [0.4, 0.5) is 0 Å². The zero-order valence-electron chi connectivity index (χ0n) is 7.47. The van der Waals surface area contributed by atoms with Crippen LogP contribution in [0.3, 0.4) is 0 Å². The van der Waals surface area contributed by atoms with Crippen molar-refractivity contribution in [2.45, 2.75) is 51.2 Å². The molecule has 0 saturated carbocycles. The Morgan fingerprint density at radius 3 is 2.45 bits per heavy atom. The van der Waals surface area contributed by atoms with Crippen LogP contribution in [0, 0.1) is 10.7 Å². The van der Waals surface area contributed by atoms with E-state index in [0.717, 1.165) is 0 Å². The molecule has 0 bridgehead atoms. The predicted octanol–water partition coefficient (Wildman–Crippen LogP) is 3.56. The number of thiocyanates is 1. The highest BCUT2D eigenvalue weighted by atomic mass is 32.2. The molecule has 0 saturated heterocycles. The Hall–Kier alpha value is -0.160. The van der Waals surface area contributed by atoms with Crippen molar-refractivity contribution in [2.75, 3.05) is 0 Å². The normalized spacial score (nSPS) is 12.5. The van der Waals surface area contributed by atoms with Gasteiger partial charge >= 0.3 is 0 Å². The van der Waals surface area contributed by atoms with Crippen LogP contribution in [0.15, 0.2) is 0 Å². The van der Waals surface area contributed by atoms with E-state index >= 15 is 0 Å². The van der Waals surface area contributed by atoms with Crippen LogP contribution in [0.25, 0.3) is 0 Å². The van der Waals surface area contributed by atoms with Gasteiger partial charge in [-0.25, -0.2) is 0 Å². The molecule has 1 unspecified atom stereocenters. The summed E-state index contributed by atoms with van der Waals surface area (Å²) in [6, 6.07) is 0. The second-order valence-electron chi connectivity index (χ2n) is 2.76. The van der Waals surface area contributed by atoms with Gasteiger partial charge in [0.15, 0.2) is 0 Å². The lowest BCUT2D eigenvalue weighted by Gasteiger charge is -2.09. The molecule has 0 fully saturated rings. The van der Waals surface area contributed by atoms with Gasteiger partial charge in [0.25, 0.3) is 0 Å². The molecule has 1 nitrogen and oxygen atoms in total. The first-order chi connectivity index (χ1) is 5.35. The molecule has 0 aliphatic rings. The highest BCUT2D eigenvalue weighted by Crippen LogP contribution is 2.20. The molecule has 0 heterocycles. The van der Waals surface area contributed by atoms with Gasteiger partial charge in [-0.15, -0.1) is 0 Å². The number of thioether (sulfide) groups is 1. The minimum Gasteiger partial charge on any atom is -0.185 e. The maximum atomic E-state index is 8.48. The second kappa shape index (κ2) is 7.94. The standard InChI is InChI=1S/C9H17NS/c1-3-5-7-9(6-4-2)11-8-10/h9H,3-7H2,1-2H3. The number of rotatable bonds is 6. The minimum absolute atomic E-state index is 0.588. The molecule has 0 aromatic heterocycles. The average molecular weight is 171 g/mol. The Kier molecular flexibility index (Phi) is 7.83. The van der Waals surface area contributed by atoms with Gasteiger partial charge in [-0.2, -0.15) is 5.26 Å². The van der Waals surface area contributed by atoms with E-state index in [9.17, 15) is 0 Å². The Bertz CT molecular complexity index is 117. The van der Waals surface area contributed by atoms with Crippen molar-refractivity contribution < 1.29 is 0 Å². The fourth-order valence-corrected chi connectivity index (χ4v) is 1.88. The summed E-state index contributed by atoms with van der Waals surface area (Å²) in [5, 5.41) is 11.2. The van der Waals surface area contributed by atoms with Gasteiger partial charge in [0.1, 0.15) is 5.40 Å². The van der Waals surface area contributed by atoms with Crippen LogP contribution in [-0.2, 0) is 0 Å². The molecule has 2 heteroatoms. The van der Waals surface area contributed by atoms with E-state index in [4.69, 9.17) is 5.26 Å². The SMILES string of the molecule is CCCCC(CCC)SC#N. The molecular formula is C9H17NS. The first-order valence-electron chi connectivity index (χ1n) is 4.39. The van der Waals surface area contributed by atoms with Gasteiger partial charge in [-0.1, -0.05) is 33.1 Å². The van der Waals surface area contributed by atoms with Crippen molar-refractivity contribution in [1.82, 2.24) is 0 Å². The third-order valence-corrected chi connectivity index (χ3v) is 2.62. The highest BCUT2D eigenvalue weighted by Gasteiger charge is 2.06. The topological polar surface area (TPSA) is 23.8 Å². The van der Waals surface area contributed by atoms with Gasteiger partial charge in [0.05, 0.1) is 0 Å². The molecule has 0 rings (SSSR count). The molecule has 0 aliphatic heterocycles. The number of unbranched alkanes of at least 4 members (excludes halogenated alkanes) is 1. The molecule has 1 atom stereocenters. The fraction of sp³-hybridized carbons (Fsp3) is 0.889. The van der Waals surface area contributed by atoms with E-state index in [-0.39, 0.29) is 0 Å². The van der Waals surface area contributed by atoms with Gasteiger partial charge in [0.2, 0.25) is 0 Å². The van der Waals surface area contributed by atoms with Crippen molar-refractivity contribution in [2.24, 2.45) is 0 Å². The molecule has 0 amide bonds. The van der Waals surface area contributed by atoms with Crippen LogP contribution in [0.2, 0.25) is 0 Å². The van der Waals surface area contributed by atoms with Gasteiger partial charge in [0, 0.05) is 5.25 Å². The Morgan fingerprint density at radius 2 is 2.00 bits per heavy atom. The van der Waals surface area contributed by atoms with E-state index in [2.05, 4.69) is 19.2 Å². The Balaban J connectivity index is 3.44. The Morgan fingerprint density at radius 1 is 1.27 bits per heavy atom. The zero-order chi connectivity index (χ0) is 8.53. The average Bonchev–Trinajstić information content (AvgIpc) is 2.01. The summed E-state index contributed by atoms with van der Waals surface area (Å²) in [7, 11) is 0. The minimum atomic E-state index is 0.588. The molecule has 0 aliphatic carbocycles. The van der Waals surface area contributed by atoms with E-state index in [1.165, 1.54) is 43.9 Å². The van der Waals surface area contributed by atoms with Gasteiger partial charge in [-0.3, -0.25) is 0 Å². The number of hydrogen-bond donors (Lipinski definition) is 0. The lowest BCUT2D eigenvalue weighted by atomic mass is 10.1. The summed E-state index contributed by atoms with van der Waals surface area (Å²) in [5.74, 6) is 0. The zero-order valence-corrected chi connectivity index (χ0v) is 8.28. The van der Waals surface area contributed by atoms with Gasteiger partial charge in [-0.05, 0) is 24.6 Å². The number of hydrogen-bond acceptors (Lipinski definition) is 2. The lowest BCUT2D eigenvalue weighted by molar-refractivity contribution is 0.640. The van der Waals surface area contributed by atoms with Crippen molar-refractivity contribution in [3.05, 3.63) is 0 Å². The summed E-state index contributed by atoms with van der Waals surface area (Å²) in [6.45, 7) is 4.37. The summed E-state index contributed by atoms with van der Waals surface area (Å²) in [6.07, 6.45) is 6.11. The summed E-state index contributed by atoms with van der Waals surface area (Å²) < 4.78 is 0. The van der Waals surface area contributed by atoms with Crippen LogP contribution >= 0.6 is 11.8 Å². The highest BCUT2D eigenvalue weighted by molar-refractivity contribution is 8.04. The number of nitrogens with zero attached hydrogens (tertiary/aromatic N) is 1. The van der Waals surface area contributed by atoms with E-state index in [1.807, 2.05) is 0 Å². The second-order valence-corrected chi connectivity index (χ2v) is 3.85. The maximum absolute atomic E-state index is 8.48. The summed E-state index contributed by atoms with van der Waals surface area (Å²) in [4.78, 5) is 0. The third-order valence-electron chi connectivity index (χ3n) is 1.71. The largest absolute Gasteiger partial charge is 0.185 e. The van der Waals surface area contributed by atoms with Gasteiger partial charge < -0.3 is 0 Å². The van der Waals surface area contributed by atoms with E-state index < -0.39 is 0 Å². The first kappa shape index (κ1) is 10.8. The third kappa shape index (κ3) is 6.25. The molecule has 0 radical (unpaired) electrons. The van der Waals surface area contributed by atoms with Crippen LogP contribution in [0.1, 0.15) is 46.0 Å². The summed E-state index contributed by atoms with van der Waals surface area (Å²) >= 11 is 1.45. The number of nitriles is 1. The van der Waals surface area contributed by atoms with E-state index in [0.29, 0.717) is 5.25 Å². The van der Waals surface area contributed by atoms with Crippen molar-refractivity contribution in [3.8, 4) is 5.40 Å². The van der Waals surface area contributed by atoms with Crippen molar-refractivity contribution >= 4 is 11.8 Å². The van der Waals surface area contributed by atoms with Crippen LogP contribution in [-0.4, -0.2) is 5.25 Å². The quantitative estimate of drug-likeness (QED) is 0.570.